The molecule has 2 aliphatic heterocycles. The Balaban J connectivity index is 1.27. The van der Waals surface area contributed by atoms with Gasteiger partial charge in [0, 0.05) is 19.6 Å². The van der Waals surface area contributed by atoms with Gasteiger partial charge in [-0.2, -0.15) is 0 Å². The molecule has 1 saturated heterocycles. The van der Waals surface area contributed by atoms with Crippen LogP contribution in [0.4, 0.5) is 0 Å². The average Bonchev–Trinajstić information content (AvgIpc) is 3.26. The summed E-state index contributed by atoms with van der Waals surface area (Å²) < 4.78 is 11.8. The number of nitrogens with zero attached hydrogens (tertiary/aromatic N) is 1. The Kier molecular flexibility index (Phi) is 4.02. The molecule has 3 heteroatoms. The number of methoxy groups -OCH3 is 1. The van der Waals surface area contributed by atoms with Gasteiger partial charge in [-0.1, -0.05) is 30.3 Å². The molecule has 2 aromatic carbocycles. The standard InChI is InChI=1S/C23H27NO2/c1-25-20-9-8-17-6-7-18(21(17)14-20)15-24-12-10-23(11-13-24)22-5-3-2-4-19(22)16-26-23/h2-5,8-9,14,18H,6-7,10-13,15-16H2,1H3. The lowest BCUT2D eigenvalue weighted by Crippen LogP contribution is -2.43. The number of hydrogen-bond acceptors (Lipinski definition) is 3. The summed E-state index contributed by atoms with van der Waals surface area (Å²) >= 11 is 0. The molecular weight excluding hydrogens is 322 g/mol. The Labute approximate surface area is 155 Å². The third-order valence-electron chi connectivity index (χ3n) is 6.71. The minimum Gasteiger partial charge on any atom is -0.497 e. The van der Waals surface area contributed by atoms with Crippen LogP contribution in [-0.2, 0) is 23.4 Å². The molecule has 0 N–H and O–H groups in total. The average molecular weight is 349 g/mol. The number of aryl methyl sites for hydroxylation is 1. The van der Waals surface area contributed by atoms with Crippen molar-refractivity contribution in [2.45, 2.75) is 43.8 Å². The van der Waals surface area contributed by atoms with Gasteiger partial charge in [0.25, 0.3) is 0 Å². The summed E-state index contributed by atoms with van der Waals surface area (Å²) in [7, 11) is 1.76. The van der Waals surface area contributed by atoms with Gasteiger partial charge >= 0.3 is 0 Å². The number of piperidine rings is 1. The number of benzene rings is 2. The zero-order valence-electron chi connectivity index (χ0n) is 15.5. The van der Waals surface area contributed by atoms with Gasteiger partial charge in [0.15, 0.2) is 0 Å². The maximum atomic E-state index is 6.31. The minimum absolute atomic E-state index is 0.0239. The van der Waals surface area contributed by atoms with E-state index in [0.29, 0.717) is 5.92 Å². The molecule has 1 fully saturated rings. The summed E-state index contributed by atoms with van der Waals surface area (Å²) in [5, 5.41) is 0. The number of fused-ring (bicyclic) bond motifs is 3. The smallest absolute Gasteiger partial charge is 0.119 e. The van der Waals surface area contributed by atoms with Gasteiger partial charge in [-0.25, -0.2) is 0 Å². The van der Waals surface area contributed by atoms with Crippen molar-refractivity contribution in [3.63, 3.8) is 0 Å². The number of hydrogen-bond donors (Lipinski definition) is 0. The summed E-state index contributed by atoms with van der Waals surface area (Å²) in [6.45, 7) is 4.21. The highest BCUT2D eigenvalue weighted by atomic mass is 16.5. The first-order valence-electron chi connectivity index (χ1n) is 9.89. The van der Waals surface area contributed by atoms with Crippen molar-refractivity contribution < 1.29 is 9.47 Å². The van der Waals surface area contributed by atoms with Gasteiger partial charge < -0.3 is 14.4 Å². The predicted octanol–water partition coefficient (Wildman–Crippen LogP) is 4.25. The fraction of sp³-hybridized carbons (Fsp3) is 0.478. The summed E-state index contributed by atoms with van der Waals surface area (Å²) in [6, 6.07) is 15.4. The molecule has 0 saturated carbocycles. The predicted molar refractivity (Wildman–Crippen MR) is 103 cm³/mol. The Morgan fingerprint density at radius 1 is 1.12 bits per heavy atom. The van der Waals surface area contributed by atoms with Gasteiger partial charge in [-0.05, 0) is 66.0 Å². The minimum atomic E-state index is -0.0239. The molecular formula is C23H27NO2. The normalized spacial score (nSPS) is 23.8. The SMILES string of the molecule is COc1ccc2c(c1)C(CN1CCC3(CC1)OCc1ccccc13)CC2. The van der Waals surface area contributed by atoms with E-state index >= 15 is 0 Å². The van der Waals surface area contributed by atoms with Crippen molar-refractivity contribution >= 4 is 0 Å². The molecule has 136 valence electrons. The first-order chi connectivity index (χ1) is 12.8. The summed E-state index contributed by atoms with van der Waals surface area (Å²) in [6.07, 6.45) is 4.70. The van der Waals surface area contributed by atoms with E-state index in [-0.39, 0.29) is 5.60 Å². The number of ether oxygens (including phenoxy) is 2. The third-order valence-corrected chi connectivity index (χ3v) is 6.71. The zero-order chi connectivity index (χ0) is 17.6. The maximum Gasteiger partial charge on any atom is 0.119 e. The van der Waals surface area contributed by atoms with Crippen molar-refractivity contribution in [3.05, 3.63) is 64.7 Å². The largest absolute Gasteiger partial charge is 0.497 e. The molecule has 0 amide bonds. The van der Waals surface area contributed by atoms with Crippen LogP contribution in [0, 0.1) is 0 Å². The molecule has 0 aromatic heterocycles. The van der Waals surface area contributed by atoms with Crippen LogP contribution >= 0.6 is 0 Å². The van der Waals surface area contributed by atoms with Gasteiger partial charge in [-0.15, -0.1) is 0 Å². The van der Waals surface area contributed by atoms with Gasteiger partial charge in [0.05, 0.1) is 19.3 Å². The van der Waals surface area contributed by atoms with Gasteiger partial charge in [0.2, 0.25) is 0 Å². The fourth-order valence-corrected chi connectivity index (χ4v) is 5.19. The molecule has 5 rings (SSSR count). The highest BCUT2D eigenvalue weighted by Crippen LogP contribution is 2.44. The molecule has 1 atom stereocenters. The first-order valence-corrected chi connectivity index (χ1v) is 9.89. The second-order valence-corrected chi connectivity index (χ2v) is 8.04. The zero-order valence-corrected chi connectivity index (χ0v) is 15.5. The van der Waals surface area contributed by atoms with Crippen LogP contribution in [0.25, 0.3) is 0 Å². The Morgan fingerprint density at radius 3 is 2.81 bits per heavy atom. The van der Waals surface area contributed by atoms with E-state index in [9.17, 15) is 0 Å². The van der Waals surface area contributed by atoms with E-state index < -0.39 is 0 Å². The van der Waals surface area contributed by atoms with E-state index in [1.165, 1.54) is 35.1 Å². The molecule has 1 spiro atoms. The Morgan fingerprint density at radius 2 is 1.96 bits per heavy atom. The molecule has 1 aliphatic carbocycles. The van der Waals surface area contributed by atoms with E-state index in [1.54, 1.807) is 7.11 Å². The van der Waals surface area contributed by atoms with E-state index in [0.717, 1.165) is 44.8 Å². The van der Waals surface area contributed by atoms with Gasteiger partial charge in [0.1, 0.15) is 5.75 Å². The molecule has 0 bridgehead atoms. The van der Waals surface area contributed by atoms with E-state index in [4.69, 9.17) is 9.47 Å². The van der Waals surface area contributed by atoms with Crippen molar-refractivity contribution in [3.8, 4) is 5.75 Å². The summed E-state index contributed by atoms with van der Waals surface area (Å²) in [4.78, 5) is 2.65. The van der Waals surface area contributed by atoms with Crippen molar-refractivity contribution in [2.24, 2.45) is 0 Å². The van der Waals surface area contributed by atoms with Gasteiger partial charge in [-0.3, -0.25) is 0 Å². The van der Waals surface area contributed by atoms with Crippen LogP contribution in [0.1, 0.15) is 47.4 Å². The third kappa shape index (κ3) is 2.65. The quantitative estimate of drug-likeness (QED) is 0.827. The van der Waals surface area contributed by atoms with E-state index in [2.05, 4.69) is 47.4 Å². The number of rotatable bonds is 3. The van der Waals surface area contributed by atoms with Crippen LogP contribution in [0.2, 0.25) is 0 Å². The summed E-state index contributed by atoms with van der Waals surface area (Å²) in [5.74, 6) is 1.63. The van der Waals surface area contributed by atoms with Crippen LogP contribution in [0.5, 0.6) is 5.75 Å². The highest BCUT2D eigenvalue weighted by molar-refractivity contribution is 5.41. The second kappa shape index (κ2) is 6.40. The van der Waals surface area contributed by atoms with Crippen molar-refractivity contribution in [1.82, 2.24) is 4.90 Å². The maximum absolute atomic E-state index is 6.31. The molecule has 2 aromatic rings. The molecule has 2 heterocycles. The molecule has 3 aliphatic rings. The lowest BCUT2D eigenvalue weighted by molar-refractivity contribution is -0.0793. The van der Waals surface area contributed by atoms with Crippen LogP contribution in [0.3, 0.4) is 0 Å². The second-order valence-electron chi connectivity index (χ2n) is 8.04. The highest BCUT2D eigenvalue weighted by Gasteiger charge is 2.42. The Bertz CT molecular complexity index is 808. The van der Waals surface area contributed by atoms with E-state index in [1.807, 2.05) is 0 Å². The lowest BCUT2D eigenvalue weighted by atomic mass is 9.83. The molecule has 1 unspecified atom stereocenters. The fourth-order valence-electron chi connectivity index (χ4n) is 5.19. The Hall–Kier alpha value is -1.84. The molecule has 3 nitrogen and oxygen atoms in total. The van der Waals surface area contributed by atoms with Crippen molar-refractivity contribution in [2.75, 3.05) is 26.7 Å². The van der Waals surface area contributed by atoms with Crippen molar-refractivity contribution in [1.29, 1.82) is 0 Å². The molecule has 26 heavy (non-hydrogen) atoms. The topological polar surface area (TPSA) is 21.7 Å². The monoisotopic (exact) mass is 349 g/mol. The summed E-state index contributed by atoms with van der Waals surface area (Å²) in [5.41, 5.74) is 5.82. The first kappa shape index (κ1) is 16.3. The van der Waals surface area contributed by atoms with Crippen LogP contribution < -0.4 is 4.74 Å². The number of likely N-dealkylation sites (tertiary alicyclic amines) is 1. The van der Waals surface area contributed by atoms with Crippen LogP contribution in [-0.4, -0.2) is 31.6 Å². The lowest BCUT2D eigenvalue weighted by Gasteiger charge is -2.40. The van der Waals surface area contributed by atoms with Crippen LogP contribution in [0.15, 0.2) is 42.5 Å². The molecule has 0 radical (unpaired) electrons.